The Hall–Kier alpha value is -2.87. The van der Waals surface area contributed by atoms with E-state index in [4.69, 9.17) is 4.74 Å². The molecule has 2 fully saturated rings. The van der Waals surface area contributed by atoms with Gasteiger partial charge in [0.2, 0.25) is 11.8 Å². The average Bonchev–Trinajstić information content (AvgIpc) is 2.92. The number of rotatable bonds is 4. The predicted molar refractivity (Wildman–Crippen MR) is 116 cm³/mol. The monoisotopic (exact) mass is 426 g/mol. The molecule has 166 valence electrons. The predicted octanol–water partition coefficient (Wildman–Crippen LogP) is 1.24. The van der Waals surface area contributed by atoms with Gasteiger partial charge in [-0.05, 0) is 19.1 Å². The van der Waals surface area contributed by atoms with Gasteiger partial charge in [0.1, 0.15) is 11.8 Å². The van der Waals surface area contributed by atoms with Crippen LogP contribution in [0.25, 0.3) is 0 Å². The number of piperazine rings is 1. The van der Waals surface area contributed by atoms with Crippen LogP contribution in [0.2, 0.25) is 0 Å². The van der Waals surface area contributed by atoms with Gasteiger partial charge in [-0.2, -0.15) is 0 Å². The van der Waals surface area contributed by atoms with E-state index in [1.54, 1.807) is 30.0 Å². The third kappa shape index (κ3) is 4.30. The Kier molecular flexibility index (Phi) is 6.00. The summed E-state index contributed by atoms with van der Waals surface area (Å²) in [6.07, 6.45) is 2.90. The summed E-state index contributed by atoms with van der Waals surface area (Å²) >= 11 is 0. The number of nitrogens with zero attached hydrogens (tertiary/aromatic N) is 3. The van der Waals surface area contributed by atoms with Crippen LogP contribution in [0, 0.1) is 0 Å². The lowest BCUT2D eigenvalue weighted by Gasteiger charge is -2.39. The minimum atomic E-state index is -0.922. The third-order valence-corrected chi connectivity index (χ3v) is 6.49. The van der Waals surface area contributed by atoms with Crippen molar-refractivity contribution >= 4 is 17.7 Å². The number of para-hydroxylation sites is 1. The number of amides is 3. The number of carbonyl (C=O) groups excluding carboxylic acids is 3. The number of hydrogen-bond acceptors (Lipinski definition) is 5. The summed E-state index contributed by atoms with van der Waals surface area (Å²) < 4.78 is 6.18. The van der Waals surface area contributed by atoms with Gasteiger partial charge in [0.05, 0.1) is 5.56 Å². The van der Waals surface area contributed by atoms with E-state index in [-0.39, 0.29) is 24.1 Å². The highest BCUT2D eigenvalue weighted by Gasteiger charge is 2.44. The summed E-state index contributed by atoms with van der Waals surface area (Å²) in [4.78, 5) is 44.3. The Morgan fingerprint density at radius 1 is 1.19 bits per heavy atom. The van der Waals surface area contributed by atoms with E-state index in [1.165, 1.54) is 0 Å². The van der Waals surface area contributed by atoms with Gasteiger partial charge in [-0.1, -0.05) is 18.2 Å². The fourth-order valence-electron chi connectivity index (χ4n) is 4.62. The van der Waals surface area contributed by atoms with Crippen molar-refractivity contribution in [3.8, 4) is 5.75 Å². The number of ether oxygens (including phenoxy) is 1. The van der Waals surface area contributed by atoms with Crippen LogP contribution in [0.4, 0.5) is 0 Å². The molecule has 1 spiro atoms. The molecule has 2 atom stereocenters. The molecule has 0 aromatic heterocycles. The summed E-state index contributed by atoms with van der Waals surface area (Å²) in [6, 6.07) is 6.58. The maximum atomic E-state index is 13.1. The van der Waals surface area contributed by atoms with Crippen molar-refractivity contribution in [1.82, 2.24) is 20.0 Å². The van der Waals surface area contributed by atoms with Gasteiger partial charge in [0, 0.05) is 58.5 Å². The molecule has 4 rings (SSSR count). The summed E-state index contributed by atoms with van der Waals surface area (Å²) in [7, 11) is 0. The first kappa shape index (κ1) is 21.4. The van der Waals surface area contributed by atoms with Crippen LogP contribution in [0.5, 0.6) is 5.75 Å². The summed E-state index contributed by atoms with van der Waals surface area (Å²) in [5.74, 6) is 0.235. The Morgan fingerprint density at radius 3 is 2.68 bits per heavy atom. The molecule has 31 heavy (non-hydrogen) atoms. The van der Waals surface area contributed by atoms with Crippen molar-refractivity contribution in [1.29, 1.82) is 0 Å². The number of benzene rings is 1. The normalized spacial score (nSPS) is 25.3. The Balaban J connectivity index is 1.42. The first-order valence-electron chi connectivity index (χ1n) is 10.9. The Morgan fingerprint density at radius 2 is 1.94 bits per heavy atom. The molecule has 1 aromatic carbocycles. The molecule has 0 aliphatic carbocycles. The van der Waals surface area contributed by atoms with E-state index >= 15 is 0 Å². The highest BCUT2D eigenvalue weighted by Crippen LogP contribution is 2.34. The molecule has 0 bridgehead atoms. The molecule has 0 saturated carbocycles. The standard InChI is InChI=1S/C23H30N4O4/c1-3-11-25-13-15-26(16-14-25)22(30)17(2)27-12-10-23(9-8-20(27)28)24-21(29)18-6-4-5-7-19(18)31-23/h3-7,17H,1,8-16H2,2H3,(H,24,29). The largest absolute Gasteiger partial charge is 0.467 e. The van der Waals surface area contributed by atoms with Crippen LogP contribution in [0.1, 0.15) is 36.5 Å². The molecule has 3 aliphatic heterocycles. The number of likely N-dealkylation sites (tertiary alicyclic amines) is 1. The maximum Gasteiger partial charge on any atom is 0.258 e. The summed E-state index contributed by atoms with van der Waals surface area (Å²) in [5.41, 5.74) is -0.422. The van der Waals surface area contributed by atoms with Crippen molar-refractivity contribution in [2.45, 2.75) is 38.0 Å². The Labute approximate surface area is 182 Å². The second-order valence-electron chi connectivity index (χ2n) is 8.47. The molecule has 3 amide bonds. The smallest absolute Gasteiger partial charge is 0.258 e. The molecule has 1 aromatic rings. The van der Waals surface area contributed by atoms with Gasteiger partial charge in [0.15, 0.2) is 5.72 Å². The van der Waals surface area contributed by atoms with E-state index < -0.39 is 11.8 Å². The van der Waals surface area contributed by atoms with Gasteiger partial charge < -0.3 is 19.9 Å². The van der Waals surface area contributed by atoms with Crippen molar-refractivity contribution in [3.63, 3.8) is 0 Å². The van der Waals surface area contributed by atoms with Crippen LogP contribution in [-0.4, -0.2) is 83.5 Å². The Bertz CT molecular complexity index is 880. The maximum absolute atomic E-state index is 13.1. The van der Waals surface area contributed by atoms with Gasteiger partial charge >= 0.3 is 0 Å². The highest BCUT2D eigenvalue weighted by molar-refractivity contribution is 5.98. The minimum Gasteiger partial charge on any atom is -0.467 e. The van der Waals surface area contributed by atoms with Crippen LogP contribution < -0.4 is 10.1 Å². The van der Waals surface area contributed by atoms with Gasteiger partial charge in [-0.25, -0.2) is 0 Å². The lowest BCUT2D eigenvalue weighted by molar-refractivity contribution is -0.145. The summed E-state index contributed by atoms with van der Waals surface area (Å²) in [6.45, 7) is 9.65. The molecule has 2 saturated heterocycles. The van der Waals surface area contributed by atoms with Gasteiger partial charge in [-0.15, -0.1) is 6.58 Å². The van der Waals surface area contributed by atoms with Crippen LogP contribution in [0.3, 0.4) is 0 Å². The van der Waals surface area contributed by atoms with E-state index in [0.29, 0.717) is 43.8 Å². The molecule has 8 nitrogen and oxygen atoms in total. The number of nitrogens with one attached hydrogen (secondary N) is 1. The molecule has 1 N–H and O–H groups in total. The second-order valence-corrected chi connectivity index (χ2v) is 8.47. The van der Waals surface area contributed by atoms with Crippen molar-refractivity contribution in [2.24, 2.45) is 0 Å². The minimum absolute atomic E-state index is 0.0264. The zero-order valence-corrected chi connectivity index (χ0v) is 18.0. The van der Waals surface area contributed by atoms with E-state index in [1.807, 2.05) is 17.0 Å². The van der Waals surface area contributed by atoms with Crippen LogP contribution in [0.15, 0.2) is 36.9 Å². The van der Waals surface area contributed by atoms with E-state index in [0.717, 1.165) is 19.6 Å². The zero-order valence-electron chi connectivity index (χ0n) is 18.0. The highest BCUT2D eigenvalue weighted by atomic mass is 16.5. The lowest BCUT2D eigenvalue weighted by Crippen LogP contribution is -2.57. The van der Waals surface area contributed by atoms with Crippen molar-refractivity contribution < 1.29 is 19.1 Å². The quantitative estimate of drug-likeness (QED) is 0.733. The SMILES string of the molecule is C=CCN1CCN(C(=O)C(C)N2CCC3(CCC2=O)NC(=O)c2ccccc2O3)CC1. The molecule has 3 aliphatic rings. The molecule has 3 heterocycles. The number of carbonyl (C=O) groups is 3. The summed E-state index contributed by atoms with van der Waals surface area (Å²) in [5, 5.41) is 2.97. The zero-order chi connectivity index (χ0) is 22.0. The van der Waals surface area contributed by atoms with Crippen molar-refractivity contribution in [2.75, 3.05) is 39.3 Å². The molecule has 2 unspecified atom stereocenters. The fourth-order valence-corrected chi connectivity index (χ4v) is 4.62. The number of fused-ring (bicyclic) bond motifs is 1. The fraction of sp³-hybridized carbons (Fsp3) is 0.522. The molecule has 0 radical (unpaired) electrons. The molecular weight excluding hydrogens is 396 g/mol. The van der Waals surface area contributed by atoms with Crippen molar-refractivity contribution in [3.05, 3.63) is 42.5 Å². The lowest BCUT2D eigenvalue weighted by atomic mass is 10.0. The van der Waals surface area contributed by atoms with E-state index in [9.17, 15) is 14.4 Å². The topological polar surface area (TPSA) is 82.2 Å². The van der Waals surface area contributed by atoms with Crippen LogP contribution in [-0.2, 0) is 9.59 Å². The number of hydrogen-bond donors (Lipinski definition) is 1. The molecular formula is C23H30N4O4. The second kappa shape index (κ2) is 8.70. The first-order chi connectivity index (χ1) is 14.9. The van der Waals surface area contributed by atoms with Crippen LogP contribution >= 0.6 is 0 Å². The molecule has 8 heteroatoms. The third-order valence-electron chi connectivity index (χ3n) is 6.49. The van der Waals surface area contributed by atoms with Gasteiger partial charge in [0.25, 0.3) is 5.91 Å². The average molecular weight is 427 g/mol. The first-order valence-corrected chi connectivity index (χ1v) is 10.9. The van der Waals surface area contributed by atoms with Gasteiger partial charge in [-0.3, -0.25) is 19.3 Å². The van der Waals surface area contributed by atoms with E-state index in [2.05, 4.69) is 16.8 Å².